The van der Waals surface area contributed by atoms with Gasteiger partial charge >= 0.3 is 0 Å². The fourth-order valence-corrected chi connectivity index (χ4v) is 3.08. The van der Waals surface area contributed by atoms with Crippen LogP contribution >= 0.6 is 0 Å². The van der Waals surface area contributed by atoms with Gasteiger partial charge in [0, 0.05) is 30.7 Å². The van der Waals surface area contributed by atoms with Gasteiger partial charge in [0.25, 0.3) is 5.91 Å². The van der Waals surface area contributed by atoms with Crippen molar-refractivity contribution in [3.05, 3.63) is 96.2 Å². The Morgan fingerprint density at radius 1 is 1.00 bits per heavy atom. The largest absolute Gasteiger partial charge is 0.348 e. The van der Waals surface area contributed by atoms with Crippen LogP contribution in [0.1, 0.15) is 21.6 Å². The standard InChI is InChI=1S/C22H19N5O/c1-16-20(15-26-27(16)19-7-3-2-4-8-19)22(28)25-14-18-6-5-11-24-21(18)17-9-12-23-13-10-17/h2-13,15H,14H2,1H3,(H,25,28). The van der Waals surface area contributed by atoms with E-state index in [-0.39, 0.29) is 5.91 Å². The zero-order chi connectivity index (χ0) is 19.3. The molecule has 0 fully saturated rings. The third-order valence-electron chi connectivity index (χ3n) is 4.54. The third kappa shape index (κ3) is 3.53. The SMILES string of the molecule is Cc1c(C(=O)NCc2cccnc2-c2ccncc2)cnn1-c1ccccc1. The van der Waals surface area contributed by atoms with Gasteiger partial charge in [-0.05, 0) is 42.8 Å². The molecule has 0 spiro atoms. The average Bonchev–Trinajstić information content (AvgIpc) is 3.15. The van der Waals surface area contributed by atoms with Crippen LogP contribution in [0.2, 0.25) is 0 Å². The highest BCUT2D eigenvalue weighted by Gasteiger charge is 2.15. The number of hydrogen-bond donors (Lipinski definition) is 1. The van der Waals surface area contributed by atoms with E-state index in [1.807, 2.05) is 61.5 Å². The van der Waals surface area contributed by atoms with Crippen molar-refractivity contribution in [1.29, 1.82) is 0 Å². The first-order valence-corrected chi connectivity index (χ1v) is 8.96. The van der Waals surface area contributed by atoms with Gasteiger partial charge in [0.1, 0.15) is 0 Å². The van der Waals surface area contributed by atoms with Gasteiger partial charge in [0.2, 0.25) is 0 Å². The van der Waals surface area contributed by atoms with E-state index < -0.39 is 0 Å². The summed E-state index contributed by atoms with van der Waals surface area (Å²) in [4.78, 5) is 21.2. The number of nitrogens with zero attached hydrogens (tertiary/aromatic N) is 4. The third-order valence-corrected chi connectivity index (χ3v) is 4.54. The molecule has 0 unspecified atom stereocenters. The van der Waals surface area contributed by atoms with Crippen LogP contribution in [0.15, 0.2) is 79.4 Å². The van der Waals surface area contributed by atoms with Crippen molar-refractivity contribution in [1.82, 2.24) is 25.1 Å². The van der Waals surface area contributed by atoms with Gasteiger partial charge in [0.15, 0.2) is 0 Å². The van der Waals surface area contributed by atoms with Gasteiger partial charge in [-0.15, -0.1) is 0 Å². The fraction of sp³-hybridized carbons (Fsp3) is 0.0909. The van der Waals surface area contributed by atoms with Crippen molar-refractivity contribution in [2.24, 2.45) is 0 Å². The number of amides is 1. The van der Waals surface area contributed by atoms with Crippen LogP contribution in [-0.4, -0.2) is 25.7 Å². The molecule has 4 aromatic rings. The van der Waals surface area contributed by atoms with Crippen molar-refractivity contribution < 1.29 is 4.79 Å². The minimum absolute atomic E-state index is 0.163. The lowest BCUT2D eigenvalue weighted by Crippen LogP contribution is -2.23. The van der Waals surface area contributed by atoms with E-state index in [2.05, 4.69) is 20.4 Å². The number of pyridine rings is 2. The predicted molar refractivity (Wildman–Crippen MR) is 107 cm³/mol. The molecule has 0 saturated carbocycles. The maximum atomic E-state index is 12.7. The average molecular weight is 369 g/mol. The molecule has 0 saturated heterocycles. The maximum Gasteiger partial charge on any atom is 0.255 e. The van der Waals surface area contributed by atoms with E-state index >= 15 is 0 Å². The normalized spacial score (nSPS) is 10.6. The summed E-state index contributed by atoms with van der Waals surface area (Å²) in [6, 6.07) is 17.4. The molecule has 0 atom stereocenters. The van der Waals surface area contributed by atoms with E-state index in [4.69, 9.17) is 0 Å². The van der Waals surface area contributed by atoms with Crippen LogP contribution in [0.25, 0.3) is 16.9 Å². The van der Waals surface area contributed by atoms with Gasteiger partial charge in [-0.25, -0.2) is 4.68 Å². The highest BCUT2D eigenvalue weighted by molar-refractivity contribution is 5.95. The number of aromatic nitrogens is 4. The monoisotopic (exact) mass is 369 g/mol. The number of carbonyl (C=O) groups is 1. The minimum atomic E-state index is -0.163. The van der Waals surface area contributed by atoms with E-state index in [0.717, 1.165) is 28.2 Å². The Balaban J connectivity index is 1.53. The summed E-state index contributed by atoms with van der Waals surface area (Å²) in [5.74, 6) is -0.163. The summed E-state index contributed by atoms with van der Waals surface area (Å²) >= 11 is 0. The lowest BCUT2D eigenvalue weighted by atomic mass is 10.1. The molecule has 4 rings (SSSR count). The van der Waals surface area contributed by atoms with Crippen molar-refractivity contribution >= 4 is 5.91 Å². The highest BCUT2D eigenvalue weighted by atomic mass is 16.1. The molecule has 1 N–H and O–H groups in total. The smallest absolute Gasteiger partial charge is 0.255 e. The number of nitrogens with one attached hydrogen (secondary N) is 1. The quantitative estimate of drug-likeness (QED) is 0.584. The zero-order valence-electron chi connectivity index (χ0n) is 15.4. The molecular weight excluding hydrogens is 350 g/mol. The van der Waals surface area contributed by atoms with E-state index in [9.17, 15) is 4.79 Å². The fourth-order valence-electron chi connectivity index (χ4n) is 3.08. The second kappa shape index (κ2) is 7.84. The first-order chi connectivity index (χ1) is 13.7. The Hall–Kier alpha value is -3.80. The minimum Gasteiger partial charge on any atom is -0.348 e. The molecule has 0 aliphatic heterocycles. The lowest BCUT2D eigenvalue weighted by Gasteiger charge is -2.10. The van der Waals surface area contributed by atoms with Crippen LogP contribution < -0.4 is 5.32 Å². The summed E-state index contributed by atoms with van der Waals surface area (Å²) in [6.45, 7) is 2.27. The lowest BCUT2D eigenvalue weighted by molar-refractivity contribution is 0.0950. The molecule has 28 heavy (non-hydrogen) atoms. The summed E-state index contributed by atoms with van der Waals surface area (Å²) in [5.41, 5.74) is 5.01. The molecule has 1 aromatic carbocycles. The molecule has 6 heteroatoms. The Bertz CT molecular complexity index is 1090. The molecule has 6 nitrogen and oxygen atoms in total. The zero-order valence-corrected chi connectivity index (χ0v) is 15.4. The Kier molecular flexibility index (Phi) is 4.93. The van der Waals surface area contributed by atoms with Gasteiger partial charge in [-0.1, -0.05) is 24.3 Å². The van der Waals surface area contributed by atoms with E-state index in [1.54, 1.807) is 29.5 Å². The molecule has 0 radical (unpaired) electrons. The van der Waals surface area contributed by atoms with Crippen LogP contribution in [0.5, 0.6) is 0 Å². The van der Waals surface area contributed by atoms with Crippen LogP contribution in [0.4, 0.5) is 0 Å². The highest BCUT2D eigenvalue weighted by Crippen LogP contribution is 2.20. The number of para-hydroxylation sites is 1. The van der Waals surface area contributed by atoms with Crippen LogP contribution in [0, 0.1) is 6.92 Å². The van der Waals surface area contributed by atoms with Crippen LogP contribution in [-0.2, 0) is 6.54 Å². The van der Waals surface area contributed by atoms with Gasteiger partial charge in [0.05, 0.1) is 28.8 Å². The Morgan fingerprint density at radius 3 is 2.57 bits per heavy atom. The molecule has 3 heterocycles. The molecule has 0 aliphatic rings. The topological polar surface area (TPSA) is 72.7 Å². The molecule has 138 valence electrons. The summed E-state index contributed by atoms with van der Waals surface area (Å²) in [7, 11) is 0. The summed E-state index contributed by atoms with van der Waals surface area (Å²) < 4.78 is 1.77. The summed E-state index contributed by atoms with van der Waals surface area (Å²) in [6.07, 6.45) is 6.81. The van der Waals surface area contributed by atoms with Crippen molar-refractivity contribution in [3.8, 4) is 16.9 Å². The number of rotatable bonds is 5. The van der Waals surface area contributed by atoms with Crippen molar-refractivity contribution in [2.45, 2.75) is 13.5 Å². The van der Waals surface area contributed by atoms with Gasteiger partial charge in [-0.2, -0.15) is 5.10 Å². The predicted octanol–water partition coefficient (Wildman–Crippen LogP) is 3.57. The van der Waals surface area contributed by atoms with Crippen molar-refractivity contribution in [3.63, 3.8) is 0 Å². The van der Waals surface area contributed by atoms with Crippen LogP contribution in [0.3, 0.4) is 0 Å². The summed E-state index contributed by atoms with van der Waals surface area (Å²) in [5, 5.41) is 7.35. The van der Waals surface area contributed by atoms with Gasteiger partial charge in [-0.3, -0.25) is 14.8 Å². The molecule has 0 bridgehead atoms. The van der Waals surface area contributed by atoms with Gasteiger partial charge < -0.3 is 5.32 Å². The Labute approximate surface area is 162 Å². The second-order valence-electron chi connectivity index (χ2n) is 6.32. The first-order valence-electron chi connectivity index (χ1n) is 8.96. The Morgan fingerprint density at radius 2 is 1.79 bits per heavy atom. The maximum absolute atomic E-state index is 12.7. The van der Waals surface area contributed by atoms with E-state index in [0.29, 0.717) is 12.1 Å². The molecule has 0 aliphatic carbocycles. The number of hydrogen-bond acceptors (Lipinski definition) is 4. The number of benzene rings is 1. The second-order valence-corrected chi connectivity index (χ2v) is 6.32. The van der Waals surface area contributed by atoms with E-state index in [1.165, 1.54) is 0 Å². The molecular formula is C22H19N5O. The molecule has 3 aromatic heterocycles. The number of carbonyl (C=O) groups excluding carboxylic acids is 1. The van der Waals surface area contributed by atoms with Crippen molar-refractivity contribution in [2.75, 3.05) is 0 Å². The first kappa shape index (κ1) is 17.6. The molecule has 1 amide bonds.